The van der Waals surface area contributed by atoms with Crippen molar-refractivity contribution >= 4 is 58.2 Å². The lowest BCUT2D eigenvalue weighted by atomic mass is 9.89. The molecule has 9 heteroatoms. The van der Waals surface area contributed by atoms with Gasteiger partial charge in [-0.2, -0.15) is 0 Å². The third kappa shape index (κ3) is 5.11. The Morgan fingerprint density at radius 2 is 1.85 bits per heavy atom. The van der Waals surface area contributed by atoms with Crippen molar-refractivity contribution in [2.24, 2.45) is 0 Å². The van der Waals surface area contributed by atoms with Gasteiger partial charge in [-0.05, 0) is 31.9 Å². The maximum Gasteiger partial charge on any atom is 0.234 e. The molecule has 2 aromatic rings. The second-order valence-electron chi connectivity index (χ2n) is 6.50. The van der Waals surface area contributed by atoms with E-state index in [0.29, 0.717) is 26.7 Å². The van der Waals surface area contributed by atoms with Crippen LogP contribution < -0.4 is 5.32 Å². The van der Waals surface area contributed by atoms with Crippen molar-refractivity contribution in [2.45, 2.75) is 56.6 Å². The summed E-state index contributed by atoms with van der Waals surface area (Å²) in [5.74, 6) is 1.54. The average molecular weight is 448 g/mol. The van der Waals surface area contributed by atoms with Gasteiger partial charge in [-0.3, -0.25) is 4.79 Å². The first-order valence-electron chi connectivity index (χ1n) is 9.00. The highest BCUT2D eigenvalue weighted by molar-refractivity contribution is 7.99. The smallest absolute Gasteiger partial charge is 0.234 e. The number of carbonyl (C=O) groups excluding carboxylic acids is 1. The van der Waals surface area contributed by atoms with E-state index in [2.05, 4.69) is 27.0 Å². The summed E-state index contributed by atoms with van der Waals surface area (Å²) in [7, 11) is 0. The lowest BCUT2D eigenvalue weighted by Gasteiger charge is -2.21. The fraction of sp³-hybridized carbons (Fsp3) is 0.500. The first-order valence-corrected chi connectivity index (χ1v) is 11.1. The summed E-state index contributed by atoms with van der Waals surface area (Å²) in [5, 5.41) is 13.3. The van der Waals surface area contributed by atoms with Crippen LogP contribution in [-0.4, -0.2) is 26.4 Å². The van der Waals surface area contributed by atoms with E-state index in [1.807, 2.05) is 0 Å². The molecule has 0 radical (unpaired) electrons. The van der Waals surface area contributed by atoms with Crippen LogP contribution in [0.5, 0.6) is 0 Å². The molecule has 1 aliphatic carbocycles. The molecule has 0 atom stereocenters. The predicted molar refractivity (Wildman–Crippen MR) is 112 cm³/mol. The van der Waals surface area contributed by atoms with Gasteiger partial charge in [-0.1, -0.05) is 65.8 Å². The second kappa shape index (κ2) is 9.50. The van der Waals surface area contributed by atoms with Crippen LogP contribution in [0.15, 0.2) is 17.3 Å². The van der Waals surface area contributed by atoms with Gasteiger partial charge in [0, 0.05) is 12.5 Å². The van der Waals surface area contributed by atoms with Gasteiger partial charge in [0.15, 0.2) is 5.16 Å². The number of nitrogens with zero attached hydrogens (tertiary/aromatic N) is 3. The number of amides is 1. The Balaban J connectivity index is 1.63. The first-order chi connectivity index (χ1) is 13.0. The van der Waals surface area contributed by atoms with Crippen molar-refractivity contribution in [3.05, 3.63) is 33.0 Å². The summed E-state index contributed by atoms with van der Waals surface area (Å²) in [4.78, 5) is 12.3. The Morgan fingerprint density at radius 3 is 2.56 bits per heavy atom. The third-order valence-corrected chi connectivity index (χ3v) is 6.65. The van der Waals surface area contributed by atoms with Crippen molar-refractivity contribution in [1.82, 2.24) is 14.8 Å². The Kier molecular flexibility index (Phi) is 7.31. The number of thioether (sulfide) groups is 1. The van der Waals surface area contributed by atoms with E-state index in [4.69, 9.17) is 34.8 Å². The fourth-order valence-corrected chi connectivity index (χ4v) is 4.71. The lowest BCUT2D eigenvalue weighted by molar-refractivity contribution is -0.113. The van der Waals surface area contributed by atoms with E-state index >= 15 is 0 Å². The lowest BCUT2D eigenvalue weighted by Crippen LogP contribution is -2.15. The van der Waals surface area contributed by atoms with Crippen LogP contribution in [0.3, 0.4) is 0 Å². The summed E-state index contributed by atoms with van der Waals surface area (Å²) in [6.45, 7) is 2.87. The van der Waals surface area contributed by atoms with Crippen molar-refractivity contribution in [1.29, 1.82) is 0 Å². The van der Waals surface area contributed by atoms with Gasteiger partial charge in [0.1, 0.15) is 5.82 Å². The first kappa shape index (κ1) is 20.8. The minimum atomic E-state index is -0.190. The van der Waals surface area contributed by atoms with Gasteiger partial charge >= 0.3 is 0 Å². The monoisotopic (exact) mass is 446 g/mol. The normalized spacial score (nSPS) is 15.1. The zero-order valence-corrected chi connectivity index (χ0v) is 18.1. The minimum absolute atomic E-state index is 0.190. The summed E-state index contributed by atoms with van der Waals surface area (Å²) < 4.78 is 2.13. The molecular weight excluding hydrogens is 427 g/mol. The third-order valence-electron chi connectivity index (χ3n) is 4.65. The molecule has 1 amide bonds. The summed E-state index contributed by atoms with van der Waals surface area (Å²) >= 11 is 19.4. The highest BCUT2D eigenvalue weighted by Crippen LogP contribution is 2.34. The van der Waals surface area contributed by atoms with E-state index in [-0.39, 0.29) is 11.7 Å². The van der Waals surface area contributed by atoms with Gasteiger partial charge in [-0.25, -0.2) is 0 Å². The molecule has 0 aliphatic heterocycles. The van der Waals surface area contributed by atoms with Gasteiger partial charge in [-0.15, -0.1) is 10.2 Å². The van der Waals surface area contributed by atoms with Crippen LogP contribution in [0.25, 0.3) is 0 Å². The number of aromatic nitrogens is 3. The van der Waals surface area contributed by atoms with Crippen LogP contribution in [0.4, 0.5) is 5.69 Å². The van der Waals surface area contributed by atoms with Crippen molar-refractivity contribution in [3.8, 4) is 0 Å². The molecular formula is C18H21Cl3N4OS. The SMILES string of the molecule is CCn1c(SCC(=O)Nc2cc(Cl)c(Cl)cc2Cl)nnc1C1CCCCC1. The zero-order valence-electron chi connectivity index (χ0n) is 15.0. The summed E-state index contributed by atoms with van der Waals surface area (Å²) in [6, 6.07) is 3.06. The summed E-state index contributed by atoms with van der Waals surface area (Å²) in [5.41, 5.74) is 0.441. The van der Waals surface area contributed by atoms with Crippen LogP contribution >= 0.6 is 46.6 Å². The highest BCUT2D eigenvalue weighted by Gasteiger charge is 2.23. The molecule has 1 aromatic heterocycles. The second-order valence-corrected chi connectivity index (χ2v) is 8.67. The fourth-order valence-electron chi connectivity index (χ4n) is 3.30. The van der Waals surface area contributed by atoms with Crippen molar-refractivity contribution in [3.63, 3.8) is 0 Å². The average Bonchev–Trinajstić information content (AvgIpc) is 3.08. The molecule has 0 bridgehead atoms. The molecule has 1 aliphatic rings. The van der Waals surface area contributed by atoms with Gasteiger partial charge in [0.25, 0.3) is 0 Å². The topological polar surface area (TPSA) is 59.8 Å². The van der Waals surface area contributed by atoms with E-state index in [9.17, 15) is 4.79 Å². The van der Waals surface area contributed by atoms with E-state index in [0.717, 1.165) is 17.5 Å². The van der Waals surface area contributed by atoms with Gasteiger partial charge in [0.05, 0.1) is 26.5 Å². The van der Waals surface area contributed by atoms with Crippen LogP contribution in [0, 0.1) is 0 Å². The number of benzene rings is 1. The Hall–Kier alpha value is -0.950. The van der Waals surface area contributed by atoms with E-state index in [1.165, 1.54) is 49.9 Å². The number of halogens is 3. The largest absolute Gasteiger partial charge is 0.324 e. The molecule has 27 heavy (non-hydrogen) atoms. The van der Waals surface area contributed by atoms with Gasteiger partial charge in [0.2, 0.25) is 5.91 Å². The van der Waals surface area contributed by atoms with E-state index in [1.54, 1.807) is 6.07 Å². The molecule has 1 N–H and O–H groups in total. The van der Waals surface area contributed by atoms with Crippen molar-refractivity contribution in [2.75, 3.05) is 11.1 Å². The molecule has 0 unspecified atom stereocenters. The Labute approximate surface area is 178 Å². The molecule has 0 saturated heterocycles. The summed E-state index contributed by atoms with van der Waals surface area (Å²) in [6.07, 6.45) is 6.13. The standard InChI is InChI=1S/C18H21Cl3N4OS/c1-2-25-17(11-6-4-3-5-7-11)23-24-18(25)27-10-16(26)22-15-9-13(20)12(19)8-14(15)21/h8-9,11H,2-7,10H2,1H3,(H,22,26). The highest BCUT2D eigenvalue weighted by atomic mass is 35.5. The maximum atomic E-state index is 12.3. The van der Waals surface area contributed by atoms with Crippen LogP contribution in [0.1, 0.15) is 50.8 Å². The minimum Gasteiger partial charge on any atom is -0.324 e. The molecule has 5 nitrogen and oxygen atoms in total. The molecule has 0 spiro atoms. The number of anilines is 1. The molecule has 3 rings (SSSR count). The number of nitrogens with one attached hydrogen (secondary N) is 1. The molecule has 1 saturated carbocycles. The maximum absolute atomic E-state index is 12.3. The van der Waals surface area contributed by atoms with Crippen LogP contribution in [0.2, 0.25) is 15.1 Å². The zero-order chi connectivity index (χ0) is 19.4. The van der Waals surface area contributed by atoms with Gasteiger partial charge < -0.3 is 9.88 Å². The number of hydrogen-bond acceptors (Lipinski definition) is 4. The number of hydrogen-bond donors (Lipinski definition) is 1. The quantitative estimate of drug-likeness (QED) is 0.433. The Morgan fingerprint density at radius 1 is 1.15 bits per heavy atom. The Bertz CT molecular complexity index is 821. The van der Waals surface area contributed by atoms with Crippen molar-refractivity contribution < 1.29 is 4.79 Å². The number of rotatable bonds is 6. The number of carbonyl (C=O) groups is 1. The molecule has 146 valence electrons. The predicted octanol–water partition coefficient (Wildman–Crippen LogP) is 6.04. The molecule has 1 heterocycles. The van der Waals surface area contributed by atoms with E-state index < -0.39 is 0 Å². The molecule has 1 fully saturated rings. The van der Waals surface area contributed by atoms with Crippen LogP contribution in [-0.2, 0) is 11.3 Å². The molecule has 1 aromatic carbocycles.